The molecular weight excluding hydrogens is 371 g/mol. The van der Waals surface area contributed by atoms with Crippen LogP contribution in [0.4, 0.5) is 4.79 Å². The van der Waals surface area contributed by atoms with Crippen molar-refractivity contribution >= 4 is 35.2 Å². The molecule has 0 spiro atoms. The molecule has 138 valence electrons. The van der Waals surface area contributed by atoms with Gasteiger partial charge in [-0.25, -0.2) is 4.79 Å². The van der Waals surface area contributed by atoms with Crippen molar-refractivity contribution in [3.63, 3.8) is 0 Å². The molecule has 1 aromatic carbocycles. The lowest BCUT2D eigenvalue weighted by molar-refractivity contribution is -0.119. The summed E-state index contributed by atoms with van der Waals surface area (Å²) in [5, 5.41) is 10.1. The number of carbonyl (C=O) groups excluding carboxylic acids is 1. The van der Waals surface area contributed by atoms with Crippen LogP contribution in [0.2, 0.25) is 10.0 Å². The van der Waals surface area contributed by atoms with E-state index < -0.39 is 23.5 Å². The molecule has 1 aliphatic heterocycles. The monoisotopic (exact) mass is 390 g/mol. The van der Waals surface area contributed by atoms with E-state index in [1.165, 1.54) is 12.0 Å². The Morgan fingerprint density at radius 3 is 2.68 bits per heavy atom. The quantitative estimate of drug-likeness (QED) is 0.725. The molecule has 1 aromatic rings. The predicted molar refractivity (Wildman–Crippen MR) is 93.0 cm³/mol. The number of ether oxygens (including phenoxy) is 2. The molecule has 0 bridgehead atoms. The number of carboxylic acid groups (broad SMARTS) is 1. The number of halogens is 2. The molecule has 1 saturated heterocycles. The lowest BCUT2D eigenvalue weighted by Crippen LogP contribution is -2.33. The highest BCUT2D eigenvalue weighted by atomic mass is 35.5. The topological polar surface area (TPSA) is 102 Å². The van der Waals surface area contributed by atoms with Gasteiger partial charge in [0, 0.05) is 25.6 Å². The van der Waals surface area contributed by atoms with Crippen molar-refractivity contribution in [2.24, 2.45) is 11.1 Å². The van der Waals surface area contributed by atoms with Gasteiger partial charge < -0.3 is 25.2 Å². The minimum absolute atomic E-state index is 0.0245. The molecule has 2 unspecified atom stereocenters. The molecule has 25 heavy (non-hydrogen) atoms. The Morgan fingerprint density at radius 2 is 2.12 bits per heavy atom. The van der Waals surface area contributed by atoms with E-state index in [-0.39, 0.29) is 29.8 Å². The normalized spacial score (nSPS) is 22.9. The number of benzene rings is 1. The van der Waals surface area contributed by atoms with Crippen LogP contribution in [0.1, 0.15) is 31.4 Å². The Bertz CT molecular complexity index is 685. The zero-order valence-corrected chi connectivity index (χ0v) is 15.4. The molecule has 9 heteroatoms. The van der Waals surface area contributed by atoms with Crippen LogP contribution >= 0.6 is 23.2 Å². The van der Waals surface area contributed by atoms with Gasteiger partial charge in [0.25, 0.3) is 0 Å². The van der Waals surface area contributed by atoms with Crippen LogP contribution in [0.5, 0.6) is 5.75 Å². The van der Waals surface area contributed by atoms with Gasteiger partial charge in [-0.3, -0.25) is 4.79 Å². The number of likely N-dealkylation sites (tertiary alicyclic amines) is 1. The second-order valence-electron chi connectivity index (χ2n) is 6.41. The van der Waals surface area contributed by atoms with Crippen LogP contribution in [-0.2, 0) is 9.53 Å². The van der Waals surface area contributed by atoms with Gasteiger partial charge in [-0.1, -0.05) is 30.1 Å². The first-order valence-corrected chi connectivity index (χ1v) is 8.31. The van der Waals surface area contributed by atoms with E-state index in [0.717, 1.165) is 0 Å². The van der Waals surface area contributed by atoms with Crippen LogP contribution in [0.15, 0.2) is 12.1 Å². The molecule has 1 aliphatic rings. The molecular formula is C16H20Cl2N2O5. The van der Waals surface area contributed by atoms with Crippen molar-refractivity contribution in [2.45, 2.75) is 25.8 Å². The molecule has 1 fully saturated rings. The summed E-state index contributed by atoms with van der Waals surface area (Å²) in [6.07, 6.45) is -0.683. The van der Waals surface area contributed by atoms with Crippen molar-refractivity contribution in [2.75, 3.05) is 20.4 Å². The summed E-state index contributed by atoms with van der Waals surface area (Å²) in [4.78, 5) is 24.4. The first-order chi connectivity index (χ1) is 11.7. The van der Waals surface area contributed by atoms with E-state index in [1.54, 1.807) is 12.1 Å². The summed E-state index contributed by atoms with van der Waals surface area (Å²) < 4.78 is 10.4. The lowest BCUT2D eigenvalue weighted by Gasteiger charge is -2.25. The number of amides is 2. The highest BCUT2D eigenvalue weighted by Crippen LogP contribution is 2.50. The minimum atomic E-state index is -1.12. The average Bonchev–Trinajstić information content (AvgIpc) is 2.85. The van der Waals surface area contributed by atoms with E-state index >= 15 is 0 Å². The number of carbonyl (C=O) groups is 2. The van der Waals surface area contributed by atoms with Gasteiger partial charge in [0.1, 0.15) is 5.75 Å². The highest BCUT2D eigenvalue weighted by molar-refractivity contribution is 6.42. The third-order valence-electron chi connectivity index (χ3n) is 4.22. The fourth-order valence-electron chi connectivity index (χ4n) is 3.28. The van der Waals surface area contributed by atoms with Crippen LogP contribution in [-0.4, -0.2) is 42.5 Å². The summed E-state index contributed by atoms with van der Waals surface area (Å²) in [6.45, 7) is 1.95. The van der Waals surface area contributed by atoms with E-state index in [1.807, 2.05) is 6.92 Å². The molecule has 2 amide bonds. The molecule has 1 heterocycles. The smallest absolute Gasteiger partial charge is 0.407 e. The predicted octanol–water partition coefficient (Wildman–Crippen LogP) is 3.28. The van der Waals surface area contributed by atoms with Gasteiger partial charge in [0.2, 0.25) is 5.91 Å². The van der Waals surface area contributed by atoms with Crippen molar-refractivity contribution in [1.29, 1.82) is 0 Å². The fraction of sp³-hybridized carbons (Fsp3) is 0.500. The molecule has 7 nitrogen and oxygen atoms in total. The number of rotatable bonds is 6. The molecule has 0 radical (unpaired) electrons. The molecule has 2 rings (SSSR count). The van der Waals surface area contributed by atoms with Crippen LogP contribution in [0, 0.1) is 5.41 Å². The maximum Gasteiger partial charge on any atom is 0.407 e. The number of nitrogens with zero attached hydrogens (tertiary/aromatic N) is 1. The number of methoxy groups -OCH3 is 1. The van der Waals surface area contributed by atoms with Crippen molar-refractivity contribution in [3.8, 4) is 5.75 Å². The number of primary amides is 1. The van der Waals surface area contributed by atoms with Gasteiger partial charge >= 0.3 is 6.09 Å². The summed E-state index contributed by atoms with van der Waals surface area (Å²) in [6, 6.07) is 2.58. The van der Waals surface area contributed by atoms with E-state index in [0.29, 0.717) is 17.7 Å². The first kappa shape index (κ1) is 19.6. The maximum atomic E-state index is 11.7. The zero-order valence-electron chi connectivity index (χ0n) is 13.9. The zero-order chi connectivity index (χ0) is 18.8. The standard InChI is InChI=1S/C16H20Cl2N2O5/c1-16(6-12(19)21)5-10(20(7-16)15(22)23)13-11(25-8-24-2)4-3-9(17)14(13)18/h3-4,10H,5-8H2,1-2H3,(H2,19,21)(H,22,23). The summed E-state index contributed by atoms with van der Waals surface area (Å²) in [5.41, 5.74) is 5.18. The molecule has 0 aliphatic carbocycles. The molecule has 2 atom stereocenters. The minimum Gasteiger partial charge on any atom is -0.467 e. The second kappa shape index (κ2) is 7.68. The summed E-state index contributed by atoms with van der Waals surface area (Å²) in [5.74, 6) is -0.0997. The fourth-order valence-corrected chi connectivity index (χ4v) is 3.72. The number of hydrogen-bond donors (Lipinski definition) is 2. The molecule has 3 N–H and O–H groups in total. The van der Waals surface area contributed by atoms with Gasteiger partial charge in [-0.05, 0) is 24.0 Å². The maximum absolute atomic E-state index is 11.7. The molecule has 0 aromatic heterocycles. The van der Waals surface area contributed by atoms with Crippen molar-refractivity contribution in [1.82, 2.24) is 4.90 Å². The second-order valence-corrected chi connectivity index (χ2v) is 7.19. The van der Waals surface area contributed by atoms with Crippen LogP contribution in [0.25, 0.3) is 0 Å². The summed E-state index contributed by atoms with van der Waals surface area (Å²) in [7, 11) is 1.47. The van der Waals surface area contributed by atoms with E-state index in [9.17, 15) is 14.7 Å². The van der Waals surface area contributed by atoms with E-state index in [2.05, 4.69) is 0 Å². The average molecular weight is 391 g/mol. The first-order valence-electron chi connectivity index (χ1n) is 7.56. The van der Waals surface area contributed by atoms with Crippen molar-refractivity contribution in [3.05, 3.63) is 27.7 Å². The Balaban J connectivity index is 2.48. The molecule has 0 saturated carbocycles. The highest BCUT2D eigenvalue weighted by Gasteiger charge is 2.46. The van der Waals surface area contributed by atoms with Crippen LogP contribution < -0.4 is 10.5 Å². The van der Waals surface area contributed by atoms with Gasteiger partial charge in [-0.15, -0.1) is 0 Å². The van der Waals surface area contributed by atoms with E-state index in [4.69, 9.17) is 38.4 Å². The van der Waals surface area contributed by atoms with Crippen LogP contribution in [0.3, 0.4) is 0 Å². The number of hydrogen-bond acceptors (Lipinski definition) is 4. The Kier molecular flexibility index (Phi) is 6.03. The Labute approximate surface area is 155 Å². The summed E-state index contributed by atoms with van der Waals surface area (Å²) >= 11 is 12.5. The van der Waals surface area contributed by atoms with Gasteiger partial charge in [0.05, 0.1) is 16.1 Å². The third kappa shape index (κ3) is 4.29. The van der Waals surface area contributed by atoms with Crippen molar-refractivity contribution < 1.29 is 24.2 Å². The lowest BCUT2D eigenvalue weighted by atomic mass is 9.83. The third-order valence-corrected chi connectivity index (χ3v) is 5.04. The Hall–Kier alpha value is -1.70. The van der Waals surface area contributed by atoms with Gasteiger partial charge in [0.15, 0.2) is 6.79 Å². The largest absolute Gasteiger partial charge is 0.467 e. The SMILES string of the molecule is COCOc1ccc(Cl)c(Cl)c1C1CC(C)(CC(N)=O)CN1C(=O)O. The van der Waals surface area contributed by atoms with Gasteiger partial charge in [-0.2, -0.15) is 0 Å². The Morgan fingerprint density at radius 1 is 1.44 bits per heavy atom. The number of nitrogens with two attached hydrogens (primary N) is 1.